The van der Waals surface area contributed by atoms with Gasteiger partial charge in [-0.05, 0) is 106 Å². The number of benzene rings is 1. The average Bonchev–Trinajstić information content (AvgIpc) is 2.75. The number of carbonyl (C=O) groups is 1. The molecule has 4 heteroatoms. The van der Waals surface area contributed by atoms with E-state index in [0.29, 0.717) is 16.9 Å². The molecule has 0 spiro atoms. The molecule has 2 nitrogen and oxygen atoms in total. The van der Waals surface area contributed by atoms with Gasteiger partial charge in [-0.25, -0.2) is 4.39 Å². The van der Waals surface area contributed by atoms with Crippen molar-refractivity contribution in [3.8, 4) is 5.75 Å². The quantitative estimate of drug-likeness (QED) is 0.278. The van der Waals surface area contributed by atoms with Crippen LogP contribution in [0.3, 0.4) is 0 Å². The summed E-state index contributed by atoms with van der Waals surface area (Å²) >= 11 is 5.81. The normalized spacial score (nSPS) is 34.5. The Hall–Kier alpha value is -1.35. The van der Waals surface area contributed by atoms with Crippen molar-refractivity contribution < 1.29 is 13.9 Å². The van der Waals surface area contributed by atoms with Gasteiger partial charge in [0.1, 0.15) is 0 Å². The maximum absolute atomic E-state index is 14.1. The number of esters is 1. The minimum absolute atomic E-state index is 0.00176. The number of hydrogen-bond acceptors (Lipinski definition) is 2. The summed E-state index contributed by atoms with van der Waals surface area (Å²) in [7, 11) is 0. The second kappa shape index (κ2) is 9.85. The molecule has 164 valence electrons. The van der Waals surface area contributed by atoms with Crippen LogP contribution >= 0.6 is 11.6 Å². The maximum atomic E-state index is 14.1. The Bertz CT molecular complexity index is 768. The SMILES string of the molecule is C/C=C/C1CCC(C2CCC3C(CCCC3C(=O)Oc3ccc(Cl)cc3F)C2)CC1. The number of halogens is 2. The van der Waals surface area contributed by atoms with Gasteiger partial charge in [0.15, 0.2) is 11.6 Å². The fourth-order valence-electron chi connectivity index (χ4n) is 6.54. The summed E-state index contributed by atoms with van der Waals surface area (Å²) in [5.41, 5.74) is 0. The van der Waals surface area contributed by atoms with Gasteiger partial charge in [0, 0.05) is 5.02 Å². The van der Waals surface area contributed by atoms with Crippen LogP contribution in [0.4, 0.5) is 4.39 Å². The lowest BCUT2D eigenvalue weighted by atomic mass is 9.59. The predicted molar refractivity (Wildman–Crippen MR) is 119 cm³/mol. The third-order valence-corrected chi connectivity index (χ3v) is 8.28. The van der Waals surface area contributed by atoms with Crippen molar-refractivity contribution in [2.24, 2.45) is 35.5 Å². The number of rotatable bonds is 4. The number of fused-ring (bicyclic) bond motifs is 1. The van der Waals surface area contributed by atoms with Crippen LogP contribution in [-0.4, -0.2) is 5.97 Å². The predicted octanol–water partition coefficient (Wildman–Crippen LogP) is 7.60. The molecule has 1 aromatic carbocycles. The Morgan fingerprint density at radius 2 is 1.80 bits per heavy atom. The van der Waals surface area contributed by atoms with Crippen molar-refractivity contribution in [1.82, 2.24) is 0 Å². The molecule has 30 heavy (non-hydrogen) atoms. The van der Waals surface area contributed by atoms with Gasteiger partial charge >= 0.3 is 5.97 Å². The first-order valence-electron chi connectivity index (χ1n) is 11.8. The summed E-state index contributed by atoms with van der Waals surface area (Å²) < 4.78 is 19.6. The van der Waals surface area contributed by atoms with Gasteiger partial charge in [-0.1, -0.05) is 36.6 Å². The summed E-state index contributed by atoms with van der Waals surface area (Å²) in [4.78, 5) is 12.9. The second-order valence-corrected chi connectivity index (χ2v) is 10.2. The van der Waals surface area contributed by atoms with Crippen LogP contribution in [0, 0.1) is 41.3 Å². The van der Waals surface area contributed by atoms with Crippen LogP contribution in [0.25, 0.3) is 0 Å². The molecule has 3 aliphatic carbocycles. The van der Waals surface area contributed by atoms with Gasteiger partial charge in [0.2, 0.25) is 0 Å². The van der Waals surface area contributed by atoms with E-state index in [-0.39, 0.29) is 17.6 Å². The van der Waals surface area contributed by atoms with Crippen LogP contribution in [0.15, 0.2) is 30.4 Å². The van der Waals surface area contributed by atoms with Gasteiger partial charge < -0.3 is 4.74 Å². The Kier molecular flexibility index (Phi) is 7.18. The molecule has 0 aliphatic heterocycles. The molecule has 3 saturated carbocycles. The Morgan fingerprint density at radius 3 is 2.53 bits per heavy atom. The minimum atomic E-state index is -0.569. The molecule has 0 heterocycles. The van der Waals surface area contributed by atoms with E-state index in [1.165, 1.54) is 57.1 Å². The monoisotopic (exact) mass is 432 g/mol. The summed E-state index contributed by atoms with van der Waals surface area (Å²) in [6, 6.07) is 4.22. The zero-order valence-corrected chi connectivity index (χ0v) is 18.8. The highest BCUT2D eigenvalue weighted by molar-refractivity contribution is 6.30. The summed E-state index contributed by atoms with van der Waals surface area (Å²) in [5.74, 6) is 2.57. The number of allylic oxidation sites excluding steroid dienone is 2. The fourth-order valence-corrected chi connectivity index (χ4v) is 6.70. The lowest BCUT2D eigenvalue weighted by Gasteiger charge is -2.45. The van der Waals surface area contributed by atoms with Crippen molar-refractivity contribution in [3.05, 3.63) is 41.2 Å². The van der Waals surface area contributed by atoms with Crippen molar-refractivity contribution >= 4 is 17.6 Å². The molecular formula is C26H34ClFO2. The van der Waals surface area contributed by atoms with Crippen molar-refractivity contribution in [1.29, 1.82) is 0 Å². The molecule has 4 unspecified atom stereocenters. The highest BCUT2D eigenvalue weighted by Gasteiger charge is 2.43. The highest BCUT2D eigenvalue weighted by Crippen LogP contribution is 2.50. The van der Waals surface area contributed by atoms with Gasteiger partial charge in [-0.3, -0.25) is 4.79 Å². The zero-order chi connectivity index (χ0) is 21.1. The molecule has 3 fully saturated rings. The van der Waals surface area contributed by atoms with Crippen LogP contribution in [0.1, 0.15) is 71.1 Å². The van der Waals surface area contributed by atoms with Gasteiger partial charge in [0.05, 0.1) is 5.92 Å². The summed E-state index contributed by atoms with van der Waals surface area (Å²) in [5, 5.41) is 0.308. The maximum Gasteiger partial charge on any atom is 0.314 e. The number of carbonyl (C=O) groups excluding carboxylic acids is 1. The van der Waals surface area contributed by atoms with Gasteiger partial charge in [-0.2, -0.15) is 0 Å². The molecule has 4 atom stereocenters. The van der Waals surface area contributed by atoms with Crippen molar-refractivity contribution in [2.75, 3.05) is 0 Å². The first-order valence-corrected chi connectivity index (χ1v) is 12.2. The molecule has 0 bridgehead atoms. The third-order valence-electron chi connectivity index (χ3n) is 8.04. The summed E-state index contributed by atoms with van der Waals surface area (Å²) in [6.45, 7) is 2.12. The molecule has 0 radical (unpaired) electrons. The van der Waals surface area contributed by atoms with Crippen LogP contribution in [0.5, 0.6) is 5.75 Å². The molecule has 0 N–H and O–H groups in total. The molecule has 3 aliphatic rings. The van der Waals surface area contributed by atoms with Crippen molar-refractivity contribution in [3.63, 3.8) is 0 Å². The first kappa shape index (κ1) is 21.9. The zero-order valence-electron chi connectivity index (χ0n) is 18.0. The molecule has 4 rings (SSSR count). The van der Waals surface area contributed by atoms with E-state index in [0.717, 1.165) is 37.0 Å². The molecule has 1 aromatic rings. The molecule has 0 amide bonds. The van der Waals surface area contributed by atoms with Crippen molar-refractivity contribution in [2.45, 2.75) is 71.1 Å². The summed E-state index contributed by atoms with van der Waals surface area (Å²) in [6.07, 6.45) is 16.8. The van der Waals surface area contributed by atoms with E-state index in [4.69, 9.17) is 16.3 Å². The Labute approximate surface area is 185 Å². The van der Waals surface area contributed by atoms with E-state index in [1.807, 2.05) is 0 Å². The number of ether oxygens (including phenoxy) is 1. The lowest BCUT2D eigenvalue weighted by molar-refractivity contribution is -0.144. The minimum Gasteiger partial charge on any atom is -0.423 e. The van der Waals surface area contributed by atoms with E-state index in [1.54, 1.807) is 6.07 Å². The molecular weight excluding hydrogens is 399 g/mol. The Morgan fingerprint density at radius 1 is 1.03 bits per heavy atom. The smallest absolute Gasteiger partial charge is 0.314 e. The molecule has 0 aromatic heterocycles. The van der Waals surface area contributed by atoms with E-state index >= 15 is 0 Å². The third kappa shape index (κ3) is 4.93. The Balaban J connectivity index is 1.35. The molecule has 0 saturated heterocycles. The van der Waals surface area contributed by atoms with Gasteiger partial charge in [0.25, 0.3) is 0 Å². The first-order chi connectivity index (χ1) is 14.5. The van der Waals surface area contributed by atoms with Gasteiger partial charge in [-0.15, -0.1) is 0 Å². The van der Waals surface area contributed by atoms with E-state index in [9.17, 15) is 9.18 Å². The topological polar surface area (TPSA) is 26.3 Å². The van der Waals surface area contributed by atoms with Crippen LogP contribution in [-0.2, 0) is 4.79 Å². The largest absolute Gasteiger partial charge is 0.423 e. The standard InChI is InChI=1S/C26H34ClFO2/c1-2-4-17-7-9-18(10-8-17)19-11-13-22-20(15-19)5-3-6-23(22)26(29)30-25-14-12-21(27)16-24(25)28/h2,4,12,14,16-20,22-23H,3,5-11,13,15H2,1H3/b4-2+. The highest BCUT2D eigenvalue weighted by atomic mass is 35.5. The average molecular weight is 433 g/mol. The van der Waals surface area contributed by atoms with Crippen LogP contribution < -0.4 is 4.74 Å². The van der Waals surface area contributed by atoms with E-state index < -0.39 is 5.82 Å². The van der Waals surface area contributed by atoms with Crippen LogP contribution in [0.2, 0.25) is 5.02 Å². The fraction of sp³-hybridized carbons (Fsp3) is 0.654. The van der Waals surface area contributed by atoms with E-state index in [2.05, 4.69) is 19.1 Å². The number of hydrogen-bond donors (Lipinski definition) is 0. The second-order valence-electron chi connectivity index (χ2n) is 9.73. The lowest BCUT2D eigenvalue weighted by Crippen LogP contribution is -2.40.